The number of anilines is 1. The van der Waals surface area contributed by atoms with E-state index < -0.39 is 11.4 Å². The van der Waals surface area contributed by atoms with E-state index in [1.54, 1.807) is 0 Å². The molecule has 0 saturated heterocycles. The minimum atomic E-state index is -1.20. The van der Waals surface area contributed by atoms with E-state index in [1.807, 2.05) is 0 Å². The molecule has 0 atom stereocenters. The smallest absolute Gasteiger partial charge is 0.352 e. The third-order valence-corrected chi connectivity index (χ3v) is 1.09. The monoisotopic (exact) mass is 154 g/mol. The molecule has 0 unspecified atom stereocenters. The SMILES string of the molecule is Nc1cc(=O)cc(C(=O)O)[nH]1. The zero-order valence-electron chi connectivity index (χ0n) is 5.50. The summed E-state index contributed by atoms with van der Waals surface area (Å²) < 4.78 is 0. The Morgan fingerprint density at radius 3 is 2.64 bits per heavy atom. The van der Waals surface area contributed by atoms with Gasteiger partial charge in [-0.05, 0) is 0 Å². The zero-order chi connectivity index (χ0) is 8.43. The fourth-order valence-electron chi connectivity index (χ4n) is 0.680. The van der Waals surface area contributed by atoms with Crippen LogP contribution < -0.4 is 11.2 Å². The van der Waals surface area contributed by atoms with Crippen LogP contribution >= 0.6 is 0 Å². The van der Waals surface area contributed by atoms with Crippen LogP contribution in [0.25, 0.3) is 0 Å². The molecule has 1 aromatic heterocycles. The maximum Gasteiger partial charge on any atom is 0.352 e. The third kappa shape index (κ3) is 1.57. The Bertz CT molecular complexity index is 342. The number of hydrogen-bond acceptors (Lipinski definition) is 3. The van der Waals surface area contributed by atoms with Crippen molar-refractivity contribution in [2.75, 3.05) is 5.73 Å². The van der Waals surface area contributed by atoms with Crippen molar-refractivity contribution < 1.29 is 9.90 Å². The Hall–Kier alpha value is -1.78. The summed E-state index contributed by atoms with van der Waals surface area (Å²) in [5, 5.41) is 8.41. The minimum Gasteiger partial charge on any atom is -0.477 e. The molecule has 1 aromatic rings. The molecule has 5 nitrogen and oxygen atoms in total. The summed E-state index contributed by atoms with van der Waals surface area (Å²) >= 11 is 0. The molecule has 0 aliphatic heterocycles. The number of rotatable bonds is 1. The molecule has 0 fully saturated rings. The molecule has 0 spiro atoms. The van der Waals surface area contributed by atoms with Crippen molar-refractivity contribution in [3.05, 3.63) is 28.0 Å². The normalized spacial score (nSPS) is 9.45. The summed E-state index contributed by atoms with van der Waals surface area (Å²) in [6.45, 7) is 0. The molecular weight excluding hydrogens is 148 g/mol. The Balaban J connectivity index is 3.30. The second-order valence-electron chi connectivity index (χ2n) is 1.99. The third-order valence-electron chi connectivity index (χ3n) is 1.09. The second kappa shape index (κ2) is 2.45. The molecule has 58 valence electrons. The van der Waals surface area contributed by atoms with Crippen LogP contribution in [0, 0.1) is 0 Å². The first-order valence-electron chi connectivity index (χ1n) is 2.83. The van der Waals surface area contributed by atoms with Crippen LogP contribution in [-0.4, -0.2) is 16.1 Å². The number of nitrogens with two attached hydrogens (primary N) is 1. The van der Waals surface area contributed by atoms with Crippen molar-refractivity contribution in [2.45, 2.75) is 0 Å². The number of carboxylic acid groups (broad SMARTS) is 1. The van der Waals surface area contributed by atoms with E-state index in [4.69, 9.17) is 10.8 Å². The number of aromatic amines is 1. The van der Waals surface area contributed by atoms with Gasteiger partial charge in [-0.3, -0.25) is 4.79 Å². The van der Waals surface area contributed by atoms with Gasteiger partial charge in [0.25, 0.3) is 0 Å². The van der Waals surface area contributed by atoms with Gasteiger partial charge in [-0.2, -0.15) is 0 Å². The first kappa shape index (κ1) is 7.33. The van der Waals surface area contributed by atoms with Gasteiger partial charge < -0.3 is 15.8 Å². The highest BCUT2D eigenvalue weighted by atomic mass is 16.4. The first-order chi connectivity index (χ1) is 5.09. The first-order valence-corrected chi connectivity index (χ1v) is 2.83. The lowest BCUT2D eigenvalue weighted by Crippen LogP contribution is -2.10. The highest BCUT2D eigenvalue weighted by Crippen LogP contribution is 1.94. The molecule has 0 aliphatic carbocycles. The van der Waals surface area contributed by atoms with Crippen LogP contribution in [0.3, 0.4) is 0 Å². The van der Waals surface area contributed by atoms with E-state index in [0.29, 0.717) is 0 Å². The van der Waals surface area contributed by atoms with E-state index in [1.165, 1.54) is 0 Å². The Morgan fingerprint density at radius 2 is 2.18 bits per heavy atom. The van der Waals surface area contributed by atoms with Crippen LogP contribution in [-0.2, 0) is 0 Å². The van der Waals surface area contributed by atoms with Gasteiger partial charge >= 0.3 is 5.97 Å². The van der Waals surface area contributed by atoms with Gasteiger partial charge in [-0.15, -0.1) is 0 Å². The fraction of sp³-hybridized carbons (Fsp3) is 0. The minimum absolute atomic E-state index is 0.0508. The van der Waals surface area contributed by atoms with E-state index in [0.717, 1.165) is 12.1 Å². The summed E-state index contributed by atoms with van der Waals surface area (Å²) in [5.41, 5.74) is 4.56. The predicted molar refractivity (Wildman–Crippen MR) is 38.4 cm³/mol. The molecule has 0 saturated carbocycles. The van der Waals surface area contributed by atoms with Gasteiger partial charge in [0.05, 0.1) is 0 Å². The molecule has 0 bridgehead atoms. The van der Waals surface area contributed by atoms with Crippen molar-refractivity contribution >= 4 is 11.8 Å². The van der Waals surface area contributed by atoms with E-state index >= 15 is 0 Å². The van der Waals surface area contributed by atoms with Gasteiger partial charge in [0, 0.05) is 12.1 Å². The van der Waals surface area contributed by atoms with Crippen LogP contribution in [0.1, 0.15) is 10.5 Å². The molecule has 1 heterocycles. The Morgan fingerprint density at radius 1 is 1.55 bits per heavy atom. The number of H-pyrrole nitrogens is 1. The molecule has 4 N–H and O–H groups in total. The van der Waals surface area contributed by atoms with Crippen molar-refractivity contribution in [1.82, 2.24) is 4.98 Å². The summed E-state index contributed by atoms with van der Waals surface area (Å²) in [5.74, 6) is -1.15. The average molecular weight is 154 g/mol. The summed E-state index contributed by atoms with van der Waals surface area (Å²) in [6, 6.07) is 2.09. The number of carbonyl (C=O) groups is 1. The number of aromatic carboxylic acids is 1. The number of carboxylic acids is 1. The van der Waals surface area contributed by atoms with Gasteiger partial charge in [-0.25, -0.2) is 4.79 Å². The summed E-state index contributed by atoms with van der Waals surface area (Å²) in [4.78, 5) is 23.3. The largest absolute Gasteiger partial charge is 0.477 e. The standard InChI is InChI=1S/C6H6N2O3/c7-5-2-3(9)1-4(8-5)6(10)11/h1-2H,(H,10,11)(H3,7,8,9). The van der Waals surface area contributed by atoms with Crippen molar-refractivity contribution in [1.29, 1.82) is 0 Å². The lowest BCUT2D eigenvalue weighted by atomic mass is 10.3. The fourth-order valence-corrected chi connectivity index (χ4v) is 0.680. The maximum atomic E-state index is 10.7. The van der Waals surface area contributed by atoms with Crippen LogP contribution in [0.5, 0.6) is 0 Å². The topological polar surface area (TPSA) is 96.2 Å². The quantitative estimate of drug-likeness (QED) is 0.515. The Labute approximate surface area is 61.5 Å². The van der Waals surface area contributed by atoms with Gasteiger partial charge in [-0.1, -0.05) is 0 Å². The lowest BCUT2D eigenvalue weighted by molar-refractivity contribution is 0.0690. The number of nitrogens with one attached hydrogen (secondary N) is 1. The number of pyridine rings is 1. The Kier molecular flexibility index (Phi) is 1.63. The van der Waals surface area contributed by atoms with Gasteiger partial charge in [0.1, 0.15) is 11.5 Å². The van der Waals surface area contributed by atoms with Crippen LogP contribution in [0.4, 0.5) is 5.82 Å². The molecule has 11 heavy (non-hydrogen) atoms. The molecule has 0 aliphatic rings. The van der Waals surface area contributed by atoms with Gasteiger partial charge in [0.2, 0.25) is 0 Å². The van der Waals surface area contributed by atoms with Crippen molar-refractivity contribution in [2.24, 2.45) is 0 Å². The second-order valence-corrected chi connectivity index (χ2v) is 1.99. The van der Waals surface area contributed by atoms with Gasteiger partial charge in [0.15, 0.2) is 5.43 Å². The molecule has 1 rings (SSSR count). The number of aromatic nitrogens is 1. The average Bonchev–Trinajstić information content (AvgIpc) is 1.85. The van der Waals surface area contributed by atoms with Crippen molar-refractivity contribution in [3.8, 4) is 0 Å². The van der Waals surface area contributed by atoms with Crippen LogP contribution in [0.2, 0.25) is 0 Å². The molecule has 5 heteroatoms. The summed E-state index contributed by atoms with van der Waals surface area (Å²) in [7, 11) is 0. The highest BCUT2D eigenvalue weighted by molar-refractivity contribution is 5.85. The van der Waals surface area contributed by atoms with E-state index in [9.17, 15) is 9.59 Å². The maximum absolute atomic E-state index is 10.7. The molecule has 0 aromatic carbocycles. The predicted octanol–water partition coefficient (Wildman–Crippen LogP) is -0.345. The molecule has 0 radical (unpaired) electrons. The zero-order valence-corrected chi connectivity index (χ0v) is 5.50. The summed E-state index contributed by atoms with van der Waals surface area (Å²) in [6.07, 6.45) is 0. The van der Waals surface area contributed by atoms with Crippen LogP contribution in [0.15, 0.2) is 16.9 Å². The number of nitrogen functional groups attached to an aromatic ring is 1. The lowest BCUT2D eigenvalue weighted by Gasteiger charge is -1.95. The molecule has 0 amide bonds. The number of hydrogen-bond donors (Lipinski definition) is 3. The van der Waals surface area contributed by atoms with Crippen molar-refractivity contribution in [3.63, 3.8) is 0 Å². The van der Waals surface area contributed by atoms with E-state index in [2.05, 4.69) is 4.98 Å². The molecular formula is C6H6N2O3. The van der Waals surface area contributed by atoms with E-state index in [-0.39, 0.29) is 11.5 Å². The highest BCUT2D eigenvalue weighted by Gasteiger charge is 2.03.